The molecule has 0 aliphatic carbocycles. The fourth-order valence-electron chi connectivity index (χ4n) is 2.32. The number of hydrogen-bond donors (Lipinski definition) is 1. The Kier molecular flexibility index (Phi) is 5.62. The Labute approximate surface area is 126 Å². The summed E-state index contributed by atoms with van der Waals surface area (Å²) in [6.45, 7) is 10.6. The van der Waals surface area contributed by atoms with Crippen molar-refractivity contribution >= 4 is 17.0 Å². The van der Waals surface area contributed by atoms with Gasteiger partial charge in [-0.25, -0.2) is 0 Å². The van der Waals surface area contributed by atoms with Gasteiger partial charge < -0.3 is 10.2 Å². The minimum Gasteiger partial charge on any atom is -0.366 e. The molecule has 0 aliphatic heterocycles. The zero-order valence-corrected chi connectivity index (χ0v) is 13.5. The van der Waals surface area contributed by atoms with E-state index in [1.807, 2.05) is 11.3 Å². The van der Waals surface area contributed by atoms with Crippen LogP contribution in [0.3, 0.4) is 0 Å². The van der Waals surface area contributed by atoms with Crippen molar-refractivity contribution in [3.8, 4) is 0 Å². The average Bonchev–Trinajstić information content (AvgIpc) is 2.91. The average molecular weight is 288 g/mol. The Morgan fingerprint density at radius 2 is 1.80 bits per heavy atom. The molecule has 3 heteroatoms. The maximum Gasteiger partial charge on any atom is 0.0522 e. The van der Waals surface area contributed by atoms with Crippen molar-refractivity contribution in [1.82, 2.24) is 5.32 Å². The lowest BCUT2D eigenvalue weighted by molar-refractivity contribution is 0.735. The van der Waals surface area contributed by atoms with Crippen LogP contribution >= 0.6 is 11.3 Å². The minimum absolute atomic E-state index is 0.984. The monoisotopic (exact) mass is 288 g/mol. The first kappa shape index (κ1) is 15.1. The molecule has 1 aromatic carbocycles. The topological polar surface area (TPSA) is 15.3 Å². The molecule has 1 heterocycles. The summed E-state index contributed by atoms with van der Waals surface area (Å²) in [6.07, 6.45) is 0. The lowest BCUT2D eigenvalue weighted by atomic mass is 10.2. The molecule has 0 spiro atoms. The van der Waals surface area contributed by atoms with Crippen LogP contribution in [0.25, 0.3) is 0 Å². The SMILES string of the molecule is CCNCc1ccc(CN(CC)c2ccccc2C)s1. The summed E-state index contributed by atoms with van der Waals surface area (Å²) in [4.78, 5) is 5.30. The number of anilines is 1. The predicted octanol–water partition coefficient (Wildman–Crippen LogP) is 4.19. The number of para-hydroxylation sites is 1. The maximum atomic E-state index is 3.38. The molecule has 0 bridgehead atoms. The molecular formula is C17H24N2S. The van der Waals surface area contributed by atoms with E-state index in [-0.39, 0.29) is 0 Å². The fourth-order valence-corrected chi connectivity index (χ4v) is 3.33. The highest BCUT2D eigenvalue weighted by atomic mass is 32.1. The van der Waals surface area contributed by atoms with Gasteiger partial charge in [0.05, 0.1) is 6.54 Å². The summed E-state index contributed by atoms with van der Waals surface area (Å²) < 4.78 is 0. The Bertz CT molecular complexity index is 533. The van der Waals surface area contributed by atoms with E-state index in [2.05, 4.69) is 67.4 Å². The molecular weight excluding hydrogens is 264 g/mol. The molecule has 20 heavy (non-hydrogen) atoms. The van der Waals surface area contributed by atoms with Crippen molar-refractivity contribution in [2.75, 3.05) is 18.0 Å². The lowest BCUT2D eigenvalue weighted by Crippen LogP contribution is -2.22. The van der Waals surface area contributed by atoms with Gasteiger partial charge in [-0.3, -0.25) is 0 Å². The van der Waals surface area contributed by atoms with Crippen LogP contribution in [0.4, 0.5) is 5.69 Å². The van der Waals surface area contributed by atoms with E-state index in [0.717, 1.165) is 26.2 Å². The lowest BCUT2D eigenvalue weighted by Gasteiger charge is -2.24. The molecule has 0 aliphatic rings. The molecule has 2 aromatic rings. The molecule has 1 aromatic heterocycles. The first-order valence-corrected chi connectivity index (χ1v) is 8.15. The summed E-state index contributed by atoms with van der Waals surface area (Å²) in [5, 5.41) is 3.38. The quantitative estimate of drug-likeness (QED) is 0.821. The largest absolute Gasteiger partial charge is 0.366 e. The van der Waals surface area contributed by atoms with Crippen LogP contribution in [0.5, 0.6) is 0 Å². The molecule has 2 nitrogen and oxygen atoms in total. The van der Waals surface area contributed by atoms with Gasteiger partial charge in [0.1, 0.15) is 0 Å². The summed E-state index contributed by atoms with van der Waals surface area (Å²) in [5.41, 5.74) is 2.69. The third kappa shape index (κ3) is 3.84. The van der Waals surface area contributed by atoms with Gasteiger partial charge in [0.15, 0.2) is 0 Å². The maximum absolute atomic E-state index is 3.38. The highest BCUT2D eigenvalue weighted by Crippen LogP contribution is 2.24. The zero-order valence-electron chi connectivity index (χ0n) is 12.6. The molecule has 0 atom stereocenters. The normalized spacial score (nSPS) is 10.8. The molecule has 1 N–H and O–H groups in total. The Balaban J connectivity index is 2.07. The van der Waals surface area contributed by atoms with E-state index in [1.54, 1.807) is 0 Å². The summed E-state index contributed by atoms with van der Waals surface area (Å²) in [6, 6.07) is 13.1. The summed E-state index contributed by atoms with van der Waals surface area (Å²) in [5.74, 6) is 0. The second kappa shape index (κ2) is 7.46. The van der Waals surface area contributed by atoms with E-state index in [0.29, 0.717) is 0 Å². The number of thiophene rings is 1. The Morgan fingerprint density at radius 1 is 1.05 bits per heavy atom. The molecule has 108 valence electrons. The van der Waals surface area contributed by atoms with Crippen molar-refractivity contribution in [3.63, 3.8) is 0 Å². The van der Waals surface area contributed by atoms with Crippen molar-refractivity contribution in [3.05, 3.63) is 51.7 Å². The van der Waals surface area contributed by atoms with Gasteiger partial charge in [0.25, 0.3) is 0 Å². The second-order valence-corrected chi connectivity index (χ2v) is 6.20. The van der Waals surface area contributed by atoms with Crippen LogP contribution < -0.4 is 10.2 Å². The van der Waals surface area contributed by atoms with Crippen LogP contribution in [0, 0.1) is 6.92 Å². The van der Waals surface area contributed by atoms with Crippen LogP contribution in [0.15, 0.2) is 36.4 Å². The van der Waals surface area contributed by atoms with Gasteiger partial charge >= 0.3 is 0 Å². The van der Waals surface area contributed by atoms with Crippen LogP contribution in [0.2, 0.25) is 0 Å². The van der Waals surface area contributed by atoms with Crippen LogP contribution in [0.1, 0.15) is 29.2 Å². The summed E-state index contributed by atoms with van der Waals surface area (Å²) in [7, 11) is 0. The molecule has 0 radical (unpaired) electrons. The molecule has 0 saturated carbocycles. The smallest absolute Gasteiger partial charge is 0.0522 e. The fraction of sp³-hybridized carbons (Fsp3) is 0.412. The van der Waals surface area contributed by atoms with E-state index >= 15 is 0 Å². The first-order valence-electron chi connectivity index (χ1n) is 7.33. The molecule has 2 rings (SSSR count). The van der Waals surface area contributed by atoms with Gasteiger partial charge in [0, 0.05) is 28.5 Å². The minimum atomic E-state index is 0.984. The van der Waals surface area contributed by atoms with Gasteiger partial charge in [0.2, 0.25) is 0 Å². The number of nitrogens with one attached hydrogen (secondary N) is 1. The Morgan fingerprint density at radius 3 is 2.50 bits per heavy atom. The third-order valence-electron chi connectivity index (χ3n) is 3.45. The summed E-state index contributed by atoms with van der Waals surface area (Å²) >= 11 is 1.91. The van der Waals surface area contributed by atoms with Crippen LogP contribution in [-0.2, 0) is 13.1 Å². The molecule has 0 unspecified atom stereocenters. The standard InChI is InChI=1S/C17H24N2S/c1-4-18-12-15-10-11-16(20-15)13-19(5-2)17-9-7-6-8-14(17)3/h6-11,18H,4-5,12-13H2,1-3H3. The van der Waals surface area contributed by atoms with E-state index in [1.165, 1.54) is 21.0 Å². The van der Waals surface area contributed by atoms with E-state index in [4.69, 9.17) is 0 Å². The molecule has 0 fully saturated rings. The van der Waals surface area contributed by atoms with Gasteiger partial charge in [-0.1, -0.05) is 25.1 Å². The number of nitrogens with zero attached hydrogens (tertiary/aromatic N) is 1. The molecule has 0 saturated heterocycles. The van der Waals surface area contributed by atoms with Gasteiger partial charge in [-0.05, 0) is 44.2 Å². The third-order valence-corrected chi connectivity index (χ3v) is 4.52. The van der Waals surface area contributed by atoms with Crippen molar-refractivity contribution < 1.29 is 0 Å². The zero-order chi connectivity index (χ0) is 14.4. The van der Waals surface area contributed by atoms with Crippen molar-refractivity contribution in [1.29, 1.82) is 0 Å². The predicted molar refractivity (Wildman–Crippen MR) is 89.6 cm³/mol. The number of rotatable bonds is 7. The van der Waals surface area contributed by atoms with E-state index < -0.39 is 0 Å². The number of benzene rings is 1. The molecule has 0 amide bonds. The van der Waals surface area contributed by atoms with E-state index in [9.17, 15) is 0 Å². The van der Waals surface area contributed by atoms with Gasteiger partial charge in [-0.15, -0.1) is 11.3 Å². The highest BCUT2D eigenvalue weighted by Gasteiger charge is 2.09. The number of hydrogen-bond acceptors (Lipinski definition) is 3. The highest BCUT2D eigenvalue weighted by molar-refractivity contribution is 7.12. The first-order chi connectivity index (χ1) is 9.74. The van der Waals surface area contributed by atoms with Crippen LogP contribution in [-0.4, -0.2) is 13.1 Å². The van der Waals surface area contributed by atoms with Crippen molar-refractivity contribution in [2.24, 2.45) is 0 Å². The number of aryl methyl sites for hydroxylation is 1. The van der Waals surface area contributed by atoms with Gasteiger partial charge in [-0.2, -0.15) is 0 Å². The van der Waals surface area contributed by atoms with Crippen molar-refractivity contribution in [2.45, 2.75) is 33.9 Å². The second-order valence-electron chi connectivity index (χ2n) is 4.95. The Hall–Kier alpha value is -1.32.